The Morgan fingerprint density at radius 2 is 2.15 bits per heavy atom. The molecule has 0 radical (unpaired) electrons. The van der Waals surface area contributed by atoms with Gasteiger partial charge in [-0.15, -0.1) is 0 Å². The lowest BCUT2D eigenvalue weighted by Crippen LogP contribution is -2.58. The molecule has 5 heteroatoms. The van der Waals surface area contributed by atoms with E-state index in [1.54, 1.807) is 11.1 Å². The Morgan fingerprint density at radius 1 is 1.30 bits per heavy atom. The smallest absolute Gasteiger partial charge is 0.247 e. The van der Waals surface area contributed by atoms with E-state index in [1.807, 2.05) is 37.3 Å². The van der Waals surface area contributed by atoms with E-state index in [1.165, 1.54) is 0 Å². The van der Waals surface area contributed by atoms with Crippen LogP contribution < -0.4 is 10.2 Å². The van der Waals surface area contributed by atoms with Crippen LogP contribution in [0.2, 0.25) is 0 Å². The minimum atomic E-state index is -0.456. The minimum Gasteiger partial charge on any atom is -0.345 e. The average Bonchev–Trinajstić information content (AvgIpc) is 2.49. The third kappa shape index (κ3) is 1.91. The molecule has 0 saturated carbocycles. The number of pyridine rings is 1. The maximum Gasteiger partial charge on any atom is 0.247 e. The summed E-state index contributed by atoms with van der Waals surface area (Å²) >= 11 is 0. The van der Waals surface area contributed by atoms with Crippen LogP contribution in [0.1, 0.15) is 13.3 Å². The van der Waals surface area contributed by atoms with E-state index in [0.29, 0.717) is 6.42 Å². The van der Waals surface area contributed by atoms with Gasteiger partial charge in [0.05, 0.1) is 17.7 Å². The molecule has 1 saturated heterocycles. The Bertz CT molecular complexity index is 678. The van der Waals surface area contributed by atoms with Crippen LogP contribution in [0.3, 0.4) is 0 Å². The highest BCUT2D eigenvalue weighted by atomic mass is 16.2. The Hall–Kier alpha value is -2.43. The molecular weight excluding hydrogens is 254 g/mol. The van der Waals surface area contributed by atoms with Crippen LogP contribution in [0, 0.1) is 0 Å². The fourth-order valence-electron chi connectivity index (χ4n) is 2.62. The van der Waals surface area contributed by atoms with Crippen molar-refractivity contribution in [1.29, 1.82) is 0 Å². The predicted octanol–water partition coefficient (Wildman–Crippen LogP) is 1.48. The van der Waals surface area contributed by atoms with E-state index in [-0.39, 0.29) is 18.4 Å². The number of fused-ring (bicyclic) bond motifs is 1. The summed E-state index contributed by atoms with van der Waals surface area (Å²) in [6, 6.07) is 8.92. The molecule has 3 rings (SSSR count). The zero-order chi connectivity index (χ0) is 14.1. The first kappa shape index (κ1) is 12.6. The molecule has 2 heterocycles. The summed E-state index contributed by atoms with van der Waals surface area (Å²) in [7, 11) is 0. The van der Waals surface area contributed by atoms with Gasteiger partial charge in [-0.25, -0.2) is 0 Å². The lowest BCUT2D eigenvalue weighted by Gasteiger charge is -2.35. The van der Waals surface area contributed by atoms with Crippen molar-refractivity contribution < 1.29 is 9.59 Å². The first-order valence-electron chi connectivity index (χ1n) is 6.66. The van der Waals surface area contributed by atoms with E-state index in [9.17, 15) is 9.59 Å². The lowest BCUT2D eigenvalue weighted by molar-refractivity contribution is -0.131. The quantitative estimate of drug-likeness (QED) is 0.898. The van der Waals surface area contributed by atoms with Gasteiger partial charge in [0.25, 0.3) is 0 Å². The van der Waals surface area contributed by atoms with Gasteiger partial charge in [-0.1, -0.05) is 13.0 Å². The van der Waals surface area contributed by atoms with Gasteiger partial charge in [0.2, 0.25) is 11.8 Å². The molecule has 5 nitrogen and oxygen atoms in total. The number of carbonyl (C=O) groups is 2. The molecule has 1 aromatic carbocycles. The molecule has 2 amide bonds. The summed E-state index contributed by atoms with van der Waals surface area (Å²) in [6.07, 6.45) is 2.29. The predicted molar refractivity (Wildman–Crippen MR) is 76.3 cm³/mol. The van der Waals surface area contributed by atoms with Crippen LogP contribution in [0.5, 0.6) is 0 Å². The summed E-state index contributed by atoms with van der Waals surface area (Å²) in [6.45, 7) is 1.95. The van der Waals surface area contributed by atoms with Crippen molar-refractivity contribution in [3.63, 3.8) is 0 Å². The fraction of sp³-hybridized carbons (Fsp3) is 0.267. The number of amides is 2. The number of nitrogens with zero attached hydrogens (tertiary/aromatic N) is 2. The molecule has 1 fully saturated rings. The molecule has 0 spiro atoms. The van der Waals surface area contributed by atoms with Gasteiger partial charge in [-0.05, 0) is 30.7 Å². The van der Waals surface area contributed by atoms with Crippen LogP contribution in [0.25, 0.3) is 10.9 Å². The average molecular weight is 269 g/mol. The van der Waals surface area contributed by atoms with Gasteiger partial charge in [-0.2, -0.15) is 0 Å². The van der Waals surface area contributed by atoms with Crippen molar-refractivity contribution >= 4 is 28.4 Å². The topological polar surface area (TPSA) is 62.3 Å². The second kappa shape index (κ2) is 4.92. The molecule has 102 valence electrons. The number of hydrogen-bond donors (Lipinski definition) is 1. The Labute approximate surface area is 116 Å². The molecule has 1 N–H and O–H groups in total. The number of carbonyl (C=O) groups excluding carboxylic acids is 2. The standard InChI is InChI=1S/C15H15N3O2/c1-2-12-15(20)17-9-14(19)18(12)13-7-3-6-11-10(13)5-4-8-16-11/h3-8,12H,2,9H2,1H3,(H,17,20). The van der Waals surface area contributed by atoms with Crippen molar-refractivity contribution in [2.45, 2.75) is 19.4 Å². The number of nitrogens with one attached hydrogen (secondary N) is 1. The molecule has 1 aliphatic rings. The molecule has 2 aromatic rings. The number of aromatic nitrogens is 1. The Morgan fingerprint density at radius 3 is 2.95 bits per heavy atom. The normalized spacial score (nSPS) is 19.2. The van der Waals surface area contributed by atoms with E-state index in [0.717, 1.165) is 16.6 Å². The summed E-state index contributed by atoms with van der Waals surface area (Å²) in [5.74, 6) is -0.194. The third-order valence-electron chi connectivity index (χ3n) is 3.57. The second-order valence-corrected chi connectivity index (χ2v) is 4.75. The minimum absolute atomic E-state index is 0.0476. The number of hydrogen-bond acceptors (Lipinski definition) is 3. The largest absolute Gasteiger partial charge is 0.345 e. The van der Waals surface area contributed by atoms with E-state index in [2.05, 4.69) is 10.3 Å². The second-order valence-electron chi connectivity index (χ2n) is 4.75. The van der Waals surface area contributed by atoms with Crippen LogP contribution >= 0.6 is 0 Å². The molecule has 20 heavy (non-hydrogen) atoms. The van der Waals surface area contributed by atoms with Gasteiger partial charge < -0.3 is 5.32 Å². The molecule has 1 aliphatic heterocycles. The number of anilines is 1. The van der Waals surface area contributed by atoms with Crippen LogP contribution in [-0.2, 0) is 9.59 Å². The summed E-state index contributed by atoms with van der Waals surface area (Å²) in [5, 5.41) is 3.52. The Kier molecular flexibility index (Phi) is 3.10. The van der Waals surface area contributed by atoms with Crippen LogP contribution in [0.4, 0.5) is 5.69 Å². The van der Waals surface area contributed by atoms with Crippen LogP contribution in [-0.4, -0.2) is 29.4 Å². The summed E-state index contributed by atoms with van der Waals surface area (Å²) in [5.41, 5.74) is 1.57. The van der Waals surface area contributed by atoms with Gasteiger partial charge in [0.15, 0.2) is 0 Å². The summed E-state index contributed by atoms with van der Waals surface area (Å²) in [4.78, 5) is 30.1. The maximum atomic E-state index is 12.2. The van der Waals surface area contributed by atoms with Crippen molar-refractivity contribution in [2.24, 2.45) is 0 Å². The lowest BCUT2D eigenvalue weighted by atomic mass is 10.1. The third-order valence-corrected chi connectivity index (χ3v) is 3.57. The SMILES string of the molecule is CCC1C(=O)NCC(=O)N1c1cccc2ncccc12. The van der Waals surface area contributed by atoms with E-state index >= 15 is 0 Å². The first-order chi connectivity index (χ1) is 9.72. The van der Waals surface area contributed by atoms with E-state index in [4.69, 9.17) is 0 Å². The molecular formula is C15H15N3O2. The van der Waals surface area contributed by atoms with Gasteiger partial charge in [-0.3, -0.25) is 19.5 Å². The highest BCUT2D eigenvalue weighted by molar-refractivity contribution is 6.10. The maximum absolute atomic E-state index is 12.2. The Balaban J connectivity index is 2.17. The zero-order valence-corrected chi connectivity index (χ0v) is 11.2. The molecule has 1 aromatic heterocycles. The van der Waals surface area contributed by atoms with Gasteiger partial charge in [0, 0.05) is 11.6 Å². The van der Waals surface area contributed by atoms with Gasteiger partial charge in [0.1, 0.15) is 6.04 Å². The van der Waals surface area contributed by atoms with E-state index < -0.39 is 6.04 Å². The first-order valence-corrected chi connectivity index (χ1v) is 6.66. The van der Waals surface area contributed by atoms with Gasteiger partial charge >= 0.3 is 0 Å². The van der Waals surface area contributed by atoms with Crippen molar-refractivity contribution in [1.82, 2.24) is 10.3 Å². The molecule has 1 atom stereocenters. The number of rotatable bonds is 2. The highest BCUT2D eigenvalue weighted by Crippen LogP contribution is 2.29. The van der Waals surface area contributed by atoms with Crippen LogP contribution in [0.15, 0.2) is 36.5 Å². The number of piperazine rings is 1. The van der Waals surface area contributed by atoms with Crippen molar-refractivity contribution in [3.05, 3.63) is 36.5 Å². The van der Waals surface area contributed by atoms with Crippen molar-refractivity contribution in [2.75, 3.05) is 11.4 Å². The highest BCUT2D eigenvalue weighted by Gasteiger charge is 2.34. The monoisotopic (exact) mass is 269 g/mol. The zero-order valence-electron chi connectivity index (χ0n) is 11.2. The number of benzene rings is 1. The molecule has 0 aliphatic carbocycles. The fourth-order valence-corrected chi connectivity index (χ4v) is 2.62. The summed E-state index contributed by atoms with van der Waals surface area (Å²) < 4.78 is 0. The molecule has 1 unspecified atom stereocenters. The molecule has 0 bridgehead atoms. The van der Waals surface area contributed by atoms with Crippen molar-refractivity contribution in [3.8, 4) is 0 Å².